The van der Waals surface area contributed by atoms with Crippen molar-refractivity contribution in [3.8, 4) is 0 Å². The Morgan fingerprint density at radius 3 is 2.44 bits per heavy atom. The van der Waals surface area contributed by atoms with Crippen molar-refractivity contribution in [2.24, 2.45) is 5.92 Å². The smallest absolute Gasteiger partial charge is 0.0793 e. The van der Waals surface area contributed by atoms with E-state index in [4.69, 9.17) is 16.3 Å². The molecule has 0 aromatic rings. The summed E-state index contributed by atoms with van der Waals surface area (Å²) >= 11 is 6.49. The molecule has 0 fully saturated rings. The number of ether oxygens (including phenoxy) is 1. The van der Waals surface area contributed by atoms with Crippen LogP contribution in [0, 0.1) is 5.92 Å². The minimum atomic E-state index is -1.37. The maximum absolute atomic E-state index is 6.49. The van der Waals surface area contributed by atoms with Crippen LogP contribution in [0.5, 0.6) is 0 Å². The third-order valence-electron chi connectivity index (χ3n) is 3.39. The van der Waals surface area contributed by atoms with Crippen molar-refractivity contribution in [1.29, 1.82) is 0 Å². The normalized spacial score (nSPS) is 29.4. The first-order valence-corrected chi connectivity index (χ1v) is 10.2. The predicted molar refractivity (Wildman–Crippen MR) is 74.6 cm³/mol. The molecule has 0 amide bonds. The summed E-state index contributed by atoms with van der Waals surface area (Å²) in [6.45, 7) is 13.7. The van der Waals surface area contributed by atoms with E-state index in [1.54, 1.807) is 0 Å². The average Bonchev–Trinajstić information content (AvgIpc) is 2.12. The first-order chi connectivity index (χ1) is 7.27. The lowest BCUT2D eigenvalue weighted by atomic mass is 9.98. The van der Waals surface area contributed by atoms with Gasteiger partial charge in [0.1, 0.15) is 0 Å². The molecular formula is C13H25ClOSi. The highest BCUT2D eigenvalue weighted by molar-refractivity contribution is 6.84. The highest BCUT2D eigenvalue weighted by Gasteiger charge is 2.37. The van der Waals surface area contributed by atoms with Gasteiger partial charge in [-0.2, -0.15) is 0 Å². The van der Waals surface area contributed by atoms with E-state index in [2.05, 4.69) is 40.4 Å². The Morgan fingerprint density at radius 2 is 2.00 bits per heavy atom. The molecule has 3 heteroatoms. The molecule has 94 valence electrons. The number of rotatable bonds is 3. The van der Waals surface area contributed by atoms with Gasteiger partial charge in [-0.25, -0.2) is 0 Å². The zero-order chi connectivity index (χ0) is 12.5. The molecular weight excluding hydrogens is 236 g/mol. The molecule has 0 saturated carbocycles. The van der Waals surface area contributed by atoms with Gasteiger partial charge in [0.2, 0.25) is 0 Å². The van der Waals surface area contributed by atoms with E-state index in [-0.39, 0.29) is 12.2 Å². The maximum atomic E-state index is 6.49. The Balaban J connectivity index is 3.08. The maximum Gasteiger partial charge on any atom is 0.0793 e. The second kappa shape index (κ2) is 5.24. The van der Waals surface area contributed by atoms with Crippen LogP contribution >= 0.6 is 11.6 Å². The molecule has 0 bridgehead atoms. The van der Waals surface area contributed by atoms with Gasteiger partial charge in [0.15, 0.2) is 0 Å². The summed E-state index contributed by atoms with van der Waals surface area (Å²) in [6, 6.07) is 0. The molecule has 0 aromatic heterocycles. The summed E-state index contributed by atoms with van der Waals surface area (Å²) in [7, 11) is -1.37. The Morgan fingerprint density at radius 1 is 1.44 bits per heavy atom. The fourth-order valence-electron chi connectivity index (χ4n) is 2.35. The van der Waals surface area contributed by atoms with Gasteiger partial charge in [0.05, 0.1) is 20.3 Å². The fourth-order valence-corrected chi connectivity index (χ4v) is 5.65. The summed E-state index contributed by atoms with van der Waals surface area (Å²) in [5.41, 5.74) is 0. The molecule has 1 aliphatic heterocycles. The Bertz CT molecular complexity index is 280. The third kappa shape index (κ3) is 3.11. The van der Waals surface area contributed by atoms with Gasteiger partial charge in [-0.05, 0) is 18.0 Å². The van der Waals surface area contributed by atoms with Gasteiger partial charge in [0.25, 0.3) is 0 Å². The molecule has 0 aromatic carbocycles. The molecule has 0 aliphatic carbocycles. The molecule has 1 rings (SSSR count). The average molecular weight is 261 g/mol. The highest BCUT2D eigenvalue weighted by Crippen LogP contribution is 2.37. The van der Waals surface area contributed by atoms with Gasteiger partial charge >= 0.3 is 0 Å². The molecule has 0 saturated heterocycles. The van der Waals surface area contributed by atoms with Crippen molar-refractivity contribution in [3.05, 3.63) is 10.2 Å². The van der Waals surface area contributed by atoms with Gasteiger partial charge in [-0.15, -0.1) is 0 Å². The number of hydrogen-bond acceptors (Lipinski definition) is 1. The van der Waals surface area contributed by atoms with Gasteiger partial charge in [-0.3, -0.25) is 0 Å². The van der Waals surface area contributed by atoms with E-state index in [1.165, 1.54) is 5.20 Å². The standard InChI is InChI=1S/C13H25ClOSi/c1-7-9(2)12-13(16(4,5)6)11(14)8-10(3)15-12/h9-10,12H,7-8H2,1-6H3/t9?,10-,12+/m0/s1. The Labute approximate surface area is 106 Å². The number of halogens is 1. The lowest BCUT2D eigenvalue weighted by molar-refractivity contribution is -0.0153. The van der Waals surface area contributed by atoms with Crippen LogP contribution in [0.25, 0.3) is 0 Å². The first-order valence-electron chi connectivity index (χ1n) is 6.31. The predicted octanol–water partition coefficient (Wildman–Crippen LogP) is 4.58. The van der Waals surface area contributed by atoms with Gasteiger partial charge in [0, 0.05) is 11.5 Å². The lowest BCUT2D eigenvalue weighted by Gasteiger charge is -2.39. The zero-order valence-corrected chi connectivity index (χ0v) is 13.2. The van der Waals surface area contributed by atoms with E-state index in [9.17, 15) is 0 Å². The van der Waals surface area contributed by atoms with Crippen molar-refractivity contribution in [1.82, 2.24) is 0 Å². The van der Waals surface area contributed by atoms with Crippen molar-refractivity contribution >= 4 is 19.7 Å². The van der Waals surface area contributed by atoms with Gasteiger partial charge in [-0.1, -0.05) is 51.5 Å². The Hall–Kier alpha value is 0.207. The lowest BCUT2D eigenvalue weighted by Crippen LogP contribution is -2.42. The Kier molecular flexibility index (Phi) is 4.67. The second-order valence-electron chi connectivity index (χ2n) is 6.03. The van der Waals surface area contributed by atoms with Crippen LogP contribution in [0.4, 0.5) is 0 Å². The van der Waals surface area contributed by atoms with Crippen molar-refractivity contribution < 1.29 is 4.74 Å². The van der Waals surface area contributed by atoms with E-state index < -0.39 is 8.07 Å². The third-order valence-corrected chi connectivity index (χ3v) is 6.11. The first kappa shape index (κ1) is 14.3. The van der Waals surface area contributed by atoms with Crippen LogP contribution in [-0.2, 0) is 4.74 Å². The van der Waals surface area contributed by atoms with Crippen LogP contribution in [-0.4, -0.2) is 20.3 Å². The summed E-state index contributed by atoms with van der Waals surface area (Å²) < 4.78 is 6.14. The van der Waals surface area contributed by atoms with Crippen LogP contribution in [0.15, 0.2) is 10.2 Å². The molecule has 0 radical (unpaired) electrons. The van der Waals surface area contributed by atoms with Crippen molar-refractivity contribution in [2.75, 3.05) is 0 Å². The largest absolute Gasteiger partial charge is 0.371 e. The van der Waals surface area contributed by atoms with Crippen molar-refractivity contribution in [3.63, 3.8) is 0 Å². The SMILES string of the molecule is CCC(C)[C@H]1O[C@@H](C)CC(Cl)=C1[Si](C)(C)C. The molecule has 1 unspecified atom stereocenters. The molecule has 16 heavy (non-hydrogen) atoms. The fraction of sp³-hybridized carbons (Fsp3) is 0.846. The van der Waals surface area contributed by atoms with Crippen LogP contribution in [0.1, 0.15) is 33.6 Å². The highest BCUT2D eigenvalue weighted by atomic mass is 35.5. The summed E-state index contributed by atoms with van der Waals surface area (Å²) in [6.07, 6.45) is 2.57. The second-order valence-corrected chi connectivity index (χ2v) is 11.5. The zero-order valence-electron chi connectivity index (χ0n) is 11.4. The summed E-state index contributed by atoms with van der Waals surface area (Å²) in [4.78, 5) is 0. The van der Waals surface area contributed by atoms with E-state index in [0.29, 0.717) is 5.92 Å². The summed E-state index contributed by atoms with van der Waals surface area (Å²) in [5.74, 6) is 0.568. The van der Waals surface area contributed by atoms with Crippen molar-refractivity contribution in [2.45, 2.75) is 65.5 Å². The van der Waals surface area contributed by atoms with Gasteiger partial charge < -0.3 is 4.74 Å². The summed E-state index contributed by atoms with van der Waals surface area (Å²) in [5, 5.41) is 2.53. The van der Waals surface area contributed by atoms with E-state index in [0.717, 1.165) is 17.9 Å². The molecule has 3 atom stereocenters. The number of hydrogen-bond donors (Lipinski definition) is 0. The molecule has 1 heterocycles. The van der Waals surface area contributed by atoms with Crippen LogP contribution < -0.4 is 0 Å². The molecule has 0 N–H and O–H groups in total. The van der Waals surface area contributed by atoms with E-state index >= 15 is 0 Å². The molecule has 1 aliphatic rings. The quantitative estimate of drug-likeness (QED) is 0.675. The van der Waals surface area contributed by atoms with E-state index in [1.807, 2.05) is 0 Å². The topological polar surface area (TPSA) is 9.23 Å². The van der Waals surface area contributed by atoms with Crippen LogP contribution in [0.2, 0.25) is 19.6 Å². The molecule has 0 spiro atoms. The monoisotopic (exact) mass is 260 g/mol. The van der Waals surface area contributed by atoms with Crippen LogP contribution in [0.3, 0.4) is 0 Å². The molecule has 1 nitrogen and oxygen atoms in total. The minimum absolute atomic E-state index is 0.257. The minimum Gasteiger partial charge on any atom is -0.371 e.